The van der Waals surface area contributed by atoms with E-state index in [0.29, 0.717) is 18.0 Å². The molecule has 1 aromatic carbocycles. The standard InChI is InChI=1S/C14H21NO4/c1-3-14(2,8-16)15-7-11(17)10-4-5-12-13(6-10)19-9-18-12/h4-6,11,15-17H,3,7-9H2,1-2H3. The minimum absolute atomic E-state index is 0.0390. The van der Waals surface area contributed by atoms with E-state index < -0.39 is 6.10 Å². The molecule has 2 rings (SSSR count). The fraction of sp³-hybridized carbons (Fsp3) is 0.571. The van der Waals surface area contributed by atoms with Crippen molar-refractivity contribution >= 4 is 0 Å². The average molecular weight is 267 g/mol. The van der Waals surface area contributed by atoms with E-state index in [1.54, 1.807) is 12.1 Å². The number of fused-ring (bicyclic) bond motifs is 1. The maximum absolute atomic E-state index is 10.2. The lowest BCUT2D eigenvalue weighted by Crippen LogP contribution is -2.46. The SMILES string of the molecule is CCC(C)(CO)NCC(O)c1ccc2c(c1)OCO2. The van der Waals surface area contributed by atoms with Crippen molar-refractivity contribution in [2.45, 2.75) is 31.9 Å². The van der Waals surface area contributed by atoms with E-state index in [0.717, 1.165) is 12.0 Å². The third-order valence-electron chi connectivity index (χ3n) is 3.63. The van der Waals surface area contributed by atoms with E-state index >= 15 is 0 Å². The van der Waals surface area contributed by atoms with Gasteiger partial charge in [0.1, 0.15) is 0 Å². The lowest BCUT2D eigenvalue weighted by molar-refractivity contribution is 0.126. The number of nitrogens with one attached hydrogen (secondary N) is 1. The van der Waals surface area contributed by atoms with Gasteiger partial charge in [-0.15, -0.1) is 0 Å². The monoisotopic (exact) mass is 267 g/mol. The van der Waals surface area contributed by atoms with E-state index in [4.69, 9.17) is 9.47 Å². The van der Waals surface area contributed by atoms with Gasteiger partial charge in [-0.3, -0.25) is 0 Å². The minimum Gasteiger partial charge on any atom is -0.454 e. The Morgan fingerprint density at radius 2 is 2.11 bits per heavy atom. The molecule has 0 saturated heterocycles. The summed E-state index contributed by atoms with van der Waals surface area (Å²) in [6.07, 6.45) is 0.143. The molecule has 5 nitrogen and oxygen atoms in total. The molecule has 2 unspecified atom stereocenters. The van der Waals surface area contributed by atoms with Gasteiger partial charge in [0.15, 0.2) is 11.5 Å². The minimum atomic E-state index is -0.646. The quantitative estimate of drug-likeness (QED) is 0.722. The molecule has 0 aliphatic carbocycles. The van der Waals surface area contributed by atoms with Crippen LogP contribution in [0.4, 0.5) is 0 Å². The highest BCUT2D eigenvalue weighted by Crippen LogP contribution is 2.34. The Morgan fingerprint density at radius 1 is 1.37 bits per heavy atom. The van der Waals surface area contributed by atoms with Crippen molar-refractivity contribution in [1.29, 1.82) is 0 Å². The number of aliphatic hydroxyl groups is 2. The first-order valence-electron chi connectivity index (χ1n) is 6.51. The smallest absolute Gasteiger partial charge is 0.231 e. The summed E-state index contributed by atoms with van der Waals surface area (Å²) in [6, 6.07) is 5.41. The van der Waals surface area contributed by atoms with Crippen LogP contribution in [0.5, 0.6) is 11.5 Å². The summed E-state index contributed by atoms with van der Waals surface area (Å²) in [5.74, 6) is 1.37. The number of β-amino-alcohol motifs (C(OH)–C–C–N with tert-alkyl or cyclic N) is 1. The van der Waals surface area contributed by atoms with Crippen LogP contribution in [-0.4, -0.2) is 35.7 Å². The molecule has 0 saturated carbocycles. The van der Waals surface area contributed by atoms with Crippen molar-refractivity contribution in [3.63, 3.8) is 0 Å². The third kappa shape index (κ3) is 3.18. The number of aliphatic hydroxyl groups excluding tert-OH is 2. The van der Waals surface area contributed by atoms with E-state index in [1.807, 2.05) is 19.9 Å². The second-order valence-electron chi connectivity index (χ2n) is 5.08. The van der Waals surface area contributed by atoms with Crippen LogP contribution in [-0.2, 0) is 0 Å². The topological polar surface area (TPSA) is 71.0 Å². The fourth-order valence-electron chi connectivity index (χ4n) is 1.87. The van der Waals surface area contributed by atoms with Gasteiger partial charge in [-0.05, 0) is 31.0 Å². The molecule has 0 spiro atoms. The molecule has 1 aliphatic heterocycles. The second kappa shape index (κ2) is 5.77. The predicted molar refractivity (Wildman–Crippen MR) is 71.3 cm³/mol. The predicted octanol–water partition coefficient (Wildman–Crippen LogP) is 1.20. The van der Waals surface area contributed by atoms with Gasteiger partial charge in [0.05, 0.1) is 12.7 Å². The molecule has 0 aromatic heterocycles. The van der Waals surface area contributed by atoms with Gasteiger partial charge in [0.25, 0.3) is 0 Å². The molecule has 19 heavy (non-hydrogen) atoms. The molecule has 0 amide bonds. The van der Waals surface area contributed by atoms with Gasteiger partial charge in [0.2, 0.25) is 6.79 Å². The van der Waals surface area contributed by atoms with Crippen molar-refractivity contribution in [3.05, 3.63) is 23.8 Å². The molecule has 3 N–H and O–H groups in total. The third-order valence-corrected chi connectivity index (χ3v) is 3.63. The van der Waals surface area contributed by atoms with E-state index in [9.17, 15) is 10.2 Å². The van der Waals surface area contributed by atoms with Crippen molar-refractivity contribution in [2.75, 3.05) is 19.9 Å². The molecule has 5 heteroatoms. The first kappa shape index (κ1) is 14.1. The van der Waals surface area contributed by atoms with E-state index in [2.05, 4.69) is 5.32 Å². The Morgan fingerprint density at radius 3 is 2.79 bits per heavy atom. The Labute approximate surface area is 113 Å². The number of rotatable bonds is 6. The molecule has 106 valence electrons. The summed E-state index contributed by atoms with van der Waals surface area (Å²) in [5.41, 5.74) is 0.408. The number of hydrogen-bond donors (Lipinski definition) is 3. The second-order valence-corrected chi connectivity index (χ2v) is 5.08. The lowest BCUT2D eigenvalue weighted by atomic mass is 9.99. The van der Waals surface area contributed by atoms with Gasteiger partial charge in [-0.2, -0.15) is 0 Å². The highest BCUT2D eigenvalue weighted by molar-refractivity contribution is 5.45. The summed E-state index contributed by atoms with van der Waals surface area (Å²) in [6.45, 7) is 4.57. The normalized spacial score (nSPS) is 18.1. The van der Waals surface area contributed by atoms with Crippen molar-refractivity contribution in [1.82, 2.24) is 5.32 Å². The molecular formula is C14H21NO4. The molecule has 0 bridgehead atoms. The average Bonchev–Trinajstić information content (AvgIpc) is 2.91. The van der Waals surface area contributed by atoms with Crippen molar-refractivity contribution < 1.29 is 19.7 Å². The van der Waals surface area contributed by atoms with Gasteiger partial charge < -0.3 is 25.0 Å². The highest BCUT2D eigenvalue weighted by atomic mass is 16.7. The van der Waals surface area contributed by atoms with E-state index in [-0.39, 0.29) is 18.9 Å². The van der Waals surface area contributed by atoms with Crippen LogP contribution < -0.4 is 14.8 Å². The zero-order valence-corrected chi connectivity index (χ0v) is 11.3. The van der Waals surface area contributed by atoms with Crippen LogP contribution in [0.25, 0.3) is 0 Å². The summed E-state index contributed by atoms with van der Waals surface area (Å²) in [4.78, 5) is 0. The number of benzene rings is 1. The van der Waals surface area contributed by atoms with Crippen LogP contribution in [0.15, 0.2) is 18.2 Å². The molecule has 1 aromatic rings. The zero-order valence-electron chi connectivity index (χ0n) is 11.3. The van der Waals surface area contributed by atoms with Gasteiger partial charge in [-0.25, -0.2) is 0 Å². The first-order valence-corrected chi connectivity index (χ1v) is 6.51. The molecule has 0 radical (unpaired) electrons. The van der Waals surface area contributed by atoms with Gasteiger partial charge >= 0.3 is 0 Å². The summed E-state index contributed by atoms with van der Waals surface area (Å²) in [5, 5.41) is 22.7. The van der Waals surface area contributed by atoms with E-state index in [1.165, 1.54) is 0 Å². The van der Waals surface area contributed by atoms with Gasteiger partial charge in [0, 0.05) is 12.1 Å². The molecular weight excluding hydrogens is 246 g/mol. The lowest BCUT2D eigenvalue weighted by Gasteiger charge is -2.28. The summed E-state index contributed by atoms with van der Waals surface area (Å²) in [7, 11) is 0. The summed E-state index contributed by atoms with van der Waals surface area (Å²) < 4.78 is 10.5. The molecule has 1 heterocycles. The molecule has 2 atom stereocenters. The first-order chi connectivity index (χ1) is 9.08. The largest absolute Gasteiger partial charge is 0.454 e. The van der Waals surface area contributed by atoms with Crippen LogP contribution in [0.2, 0.25) is 0 Å². The highest BCUT2D eigenvalue weighted by Gasteiger charge is 2.22. The summed E-state index contributed by atoms with van der Waals surface area (Å²) >= 11 is 0. The van der Waals surface area contributed by atoms with Crippen LogP contribution in [0, 0.1) is 0 Å². The Bertz CT molecular complexity index is 431. The molecule has 0 fully saturated rings. The fourth-order valence-corrected chi connectivity index (χ4v) is 1.87. The Kier molecular flexibility index (Phi) is 4.29. The zero-order chi connectivity index (χ0) is 13.9. The maximum atomic E-state index is 10.2. The van der Waals surface area contributed by atoms with Gasteiger partial charge in [-0.1, -0.05) is 13.0 Å². The van der Waals surface area contributed by atoms with Crippen LogP contribution >= 0.6 is 0 Å². The van der Waals surface area contributed by atoms with Crippen molar-refractivity contribution in [3.8, 4) is 11.5 Å². The Balaban J connectivity index is 1.98. The van der Waals surface area contributed by atoms with Crippen molar-refractivity contribution in [2.24, 2.45) is 0 Å². The van der Waals surface area contributed by atoms with Crippen LogP contribution in [0.3, 0.4) is 0 Å². The maximum Gasteiger partial charge on any atom is 0.231 e. The Hall–Kier alpha value is -1.30. The number of hydrogen-bond acceptors (Lipinski definition) is 5. The number of ether oxygens (including phenoxy) is 2. The van der Waals surface area contributed by atoms with Crippen LogP contribution in [0.1, 0.15) is 31.9 Å². The molecule has 1 aliphatic rings.